The van der Waals surface area contributed by atoms with Crippen LogP contribution in [0.5, 0.6) is 0 Å². The van der Waals surface area contributed by atoms with Crippen LogP contribution in [0.25, 0.3) is 0 Å². The number of nitrogens with two attached hydrogens (primary N) is 1. The molecule has 0 aromatic carbocycles. The van der Waals surface area contributed by atoms with Crippen LogP contribution in [0, 0.1) is 17.8 Å². The summed E-state index contributed by atoms with van der Waals surface area (Å²) in [5, 5.41) is 5.73. The first kappa shape index (κ1) is 33.5. The Bertz CT molecular complexity index is 1360. The largest absolute Gasteiger partial charge is 0.444 e. The molecule has 4 fully saturated rings. The van der Waals surface area contributed by atoms with Crippen molar-refractivity contribution in [3.05, 3.63) is 22.7 Å². The van der Waals surface area contributed by atoms with E-state index in [9.17, 15) is 24.0 Å². The third kappa shape index (κ3) is 8.09. The number of amides is 5. The lowest BCUT2D eigenvalue weighted by atomic mass is 9.85. The predicted molar refractivity (Wildman–Crippen MR) is 168 cm³/mol. The molecule has 46 heavy (non-hydrogen) atoms. The third-order valence-electron chi connectivity index (χ3n) is 9.47. The number of piperidine rings is 1. The molecule has 2 saturated carbocycles. The number of nitrogens with one attached hydrogen (secondary N) is 2. The summed E-state index contributed by atoms with van der Waals surface area (Å²) in [7, 11) is 0. The van der Waals surface area contributed by atoms with Gasteiger partial charge < -0.3 is 35.2 Å². The van der Waals surface area contributed by atoms with Gasteiger partial charge in [-0.3, -0.25) is 14.7 Å². The normalized spacial score (nSPS) is 26.6. The van der Waals surface area contributed by atoms with Crippen LogP contribution in [0.4, 0.5) is 20.2 Å². The fourth-order valence-electron chi connectivity index (χ4n) is 7.13. The fourth-order valence-corrected chi connectivity index (χ4v) is 7.13. The zero-order valence-electron chi connectivity index (χ0n) is 27.5. The van der Waals surface area contributed by atoms with Crippen molar-refractivity contribution >= 4 is 29.9 Å². The molecule has 15 heteroatoms. The van der Waals surface area contributed by atoms with Crippen molar-refractivity contribution < 1.29 is 28.7 Å². The number of aromatic nitrogens is 2. The molecule has 2 aliphatic carbocycles. The molecule has 3 heterocycles. The summed E-state index contributed by atoms with van der Waals surface area (Å²) in [6, 6.07) is 1.53. The molecule has 2 atom stereocenters. The number of nitrogens with zero attached hydrogens (tertiary/aromatic N) is 5. The molecule has 1 aromatic rings. The summed E-state index contributed by atoms with van der Waals surface area (Å²) < 4.78 is 12.0. The monoisotopic (exact) mass is 644 g/mol. The van der Waals surface area contributed by atoms with Gasteiger partial charge in [0.05, 0.1) is 0 Å². The Hall–Kier alpha value is -3.88. The predicted octanol–water partition coefficient (Wildman–Crippen LogP) is 1.98. The first-order valence-corrected chi connectivity index (χ1v) is 16.2. The second-order valence-corrected chi connectivity index (χ2v) is 14.5. The minimum Gasteiger partial charge on any atom is -0.444 e. The molecule has 2 aliphatic heterocycles. The number of fused-ring (bicyclic) bond motifs is 1. The van der Waals surface area contributed by atoms with Crippen LogP contribution in [0.3, 0.4) is 0 Å². The Labute approximate surface area is 269 Å². The van der Waals surface area contributed by atoms with E-state index >= 15 is 0 Å². The molecule has 2 saturated heterocycles. The molecule has 5 amide bonds. The van der Waals surface area contributed by atoms with Gasteiger partial charge >= 0.3 is 23.9 Å². The van der Waals surface area contributed by atoms with Gasteiger partial charge in [-0.15, -0.1) is 0 Å². The zero-order chi connectivity index (χ0) is 33.4. The average Bonchev–Trinajstić information content (AvgIpc) is 3.38. The average molecular weight is 645 g/mol. The topological polar surface area (TPSA) is 181 Å². The van der Waals surface area contributed by atoms with Gasteiger partial charge in [-0.1, -0.05) is 0 Å². The SMILES string of the molecule is CC(C)(C)OC(=O)NC1C2CN(CC3CCC(n4ccc(NC(=O)N5CCN(C(=O)C(C)(C)OC(N)=O)CC5)nc4=O)CC3)CC21. The van der Waals surface area contributed by atoms with Crippen LogP contribution >= 0.6 is 0 Å². The molecule has 15 nitrogen and oxygen atoms in total. The second kappa shape index (κ2) is 13.1. The van der Waals surface area contributed by atoms with Gasteiger partial charge in [0.2, 0.25) is 0 Å². The quantitative estimate of drug-likeness (QED) is 0.400. The first-order chi connectivity index (χ1) is 21.6. The van der Waals surface area contributed by atoms with Crippen LogP contribution in [-0.4, -0.2) is 111 Å². The molecule has 0 bridgehead atoms. The number of carbonyl (C=O) groups is 4. The minimum absolute atomic E-state index is 0.0730. The highest BCUT2D eigenvalue weighted by Crippen LogP contribution is 2.46. The Morgan fingerprint density at radius 1 is 0.935 bits per heavy atom. The molecular formula is C31H48N8O7. The molecule has 254 valence electrons. The summed E-state index contributed by atoms with van der Waals surface area (Å²) >= 11 is 0. The van der Waals surface area contributed by atoms with Gasteiger partial charge in [0.25, 0.3) is 5.91 Å². The number of hydrogen-bond donors (Lipinski definition) is 3. The van der Waals surface area contributed by atoms with Crippen molar-refractivity contribution in [2.45, 2.75) is 83.6 Å². The molecule has 2 unspecified atom stereocenters. The molecular weight excluding hydrogens is 596 g/mol. The van der Waals surface area contributed by atoms with Crippen LogP contribution in [-0.2, 0) is 14.3 Å². The number of anilines is 1. The summed E-state index contributed by atoms with van der Waals surface area (Å²) in [5.41, 5.74) is 2.78. The summed E-state index contributed by atoms with van der Waals surface area (Å²) in [4.78, 5) is 71.4. The molecule has 4 N–H and O–H groups in total. The van der Waals surface area contributed by atoms with Gasteiger partial charge in [-0.25, -0.2) is 19.2 Å². The lowest BCUT2D eigenvalue weighted by Gasteiger charge is -2.37. The van der Waals surface area contributed by atoms with Crippen molar-refractivity contribution in [3.8, 4) is 0 Å². The van der Waals surface area contributed by atoms with Crippen LogP contribution in [0.15, 0.2) is 17.1 Å². The van der Waals surface area contributed by atoms with E-state index in [0.29, 0.717) is 17.8 Å². The molecule has 4 aliphatic rings. The smallest absolute Gasteiger partial charge is 0.407 e. The van der Waals surface area contributed by atoms with E-state index in [1.807, 2.05) is 20.8 Å². The number of piperazine rings is 1. The molecule has 0 radical (unpaired) electrons. The summed E-state index contributed by atoms with van der Waals surface area (Å²) in [6.07, 6.45) is 4.19. The lowest BCUT2D eigenvalue weighted by Crippen LogP contribution is -2.56. The van der Waals surface area contributed by atoms with E-state index < -0.39 is 29.0 Å². The van der Waals surface area contributed by atoms with Crippen molar-refractivity contribution in [1.82, 2.24) is 29.6 Å². The van der Waals surface area contributed by atoms with Crippen molar-refractivity contribution in [1.29, 1.82) is 0 Å². The molecule has 5 rings (SSSR count). The summed E-state index contributed by atoms with van der Waals surface area (Å²) in [6.45, 7) is 12.7. The van der Waals surface area contributed by atoms with E-state index in [0.717, 1.165) is 45.3 Å². The standard InChI is InChI=1S/C31H48N8O7/c1-30(2,3)46-29(44)35-24-21-17-36(18-22(21)24)16-19-6-8-20(9-7-19)39-11-10-23(34-28(39)43)33-27(42)38-14-12-37(13-15-38)25(40)31(4,5)45-26(32)41/h10-11,19-22,24H,6-9,12-18H2,1-5H3,(H2,32,41)(H,35,44)(H,33,34,42,43). The van der Waals surface area contributed by atoms with E-state index in [2.05, 4.69) is 20.5 Å². The minimum atomic E-state index is -1.40. The Morgan fingerprint density at radius 2 is 1.54 bits per heavy atom. The van der Waals surface area contributed by atoms with Gasteiger partial charge in [0.15, 0.2) is 5.60 Å². The van der Waals surface area contributed by atoms with Crippen LogP contribution < -0.4 is 22.1 Å². The maximum Gasteiger partial charge on any atom is 0.407 e. The van der Waals surface area contributed by atoms with Crippen LogP contribution in [0.2, 0.25) is 0 Å². The van der Waals surface area contributed by atoms with E-state index in [1.165, 1.54) is 18.7 Å². The van der Waals surface area contributed by atoms with Gasteiger partial charge in [-0.05, 0) is 84.1 Å². The van der Waals surface area contributed by atoms with E-state index in [-0.39, 0.29) is 56.1 Å². The van der Waals surface area contributed by atoms with Crippen LogP contribution in [0.1, 0.15) is 66.3 Å². The van der Waals surface area contributed by atoms with Crippen molar-refractivity contribution in [3.63, 3.8) is 0 Å². The van der Waals surface area contributed by atoms with Gasteiger partial charge in [0, 0.05) is 64.1 Å². The highest BCUT2D eigenvalue weighted by molar-refractivity contribution is 5.89. The highest BCUT2D eigenvalue weighted by atomic mass is 16.6. The number of rotatable bonds is 7. The van der Waals surface area contributed by atoms with Crippen molar-refractivity contribution in [2.24, 2.45) is 23.5 Å². The number of hydrogen-bond acceptors (Lipinski definition) is 9. The molecule has 0 spiro atoms. The van der Waals surface area contributed by atoms with E-state index in [4.69, 9.17) is 15.2 Å². The summed E-state index contributed by atoms with van der Waals surface area (Å²) in [5.74, 6) is 1.37. The maximum atomic E-state index is 12.9. The fraction of sp³-hybridized carbons (Fsp3) is 0.742. The zero-order valence-corrected chi connectivity index (χ0v) is 27.5. The Kier molecular flexibility index (Phi) is 9.52. The van der Waals surface area contributed by atoms with E-state index in [1.54, 1.807) is 21.7 Å². The lowest BCUT2D eigenvalue weighted by molar-refractivity contribution is -0.149. The number of likely N-dealkylation sites (tertiary alicyclic amines) is 1. The second-order valence-electron chi connectivity index (χ2n) is 14.5. The number of alkyl carbamates (subject to hydrolysis) is 1. The first-order valence-electron chi connectivity index (χ1n) is 16.2. The Balaban J connectivity index is 1.02. The van der Waals surface area contributed by atoms with Gasteiger partial charge in [-0.2, -0.15) is 4.98 Å². The molecule has 1 aromatic heterocycles. The third-order valence-corrected chi connectivity index (χ3v) is 9.47. The number of urea groups is 1. The number of carbonyl (C=O) groups excluding carboxylic acids is 4. The number of ether oxygens (including phenoxy) is 2. The van der Waals surface area contributed by atoms with Crippen molar-refractivity contribution in [2.75, 3.05) is 51.1 Å². The Morgan fingerprint density at radius 3 is 2.11 bits per heavy atom. The maximum absolute atomic E-state index is 12.9. The number of primary amides is 1. The van der Waals surface area contributed by atoms with Gasteiger partial charge in [0.1, 0.15) is 11.4 Å². The highest BCUT2D eigenvalue weighted by Gasteiger charge is 2.56.